The second-order valence-electron chi connectivity index (χ2n) is 5.32. The summed E-state index contributed by atoms with van der Waals surface area (Å²) in [6.45, 7) is 0.790. The van der Waals surface area contributed by atoms with Crippen molar-refractivity contribution >= 4 is 12.2 Å². The van der Waals surface area contributed by atoms with Crippen LogP contribution in [0, 0.1) is 11.8 Å². The number of hydrogen-bond donors (Lipinski definition) is 1. The summed E-state index contributed by atoms with van der Waals surface area (Å²) in [5.74, 6) is 0.580. The van der Waals surface area contributed by atoms with Crippen molar-refractivity contribution in [3.05, 3.63) is 29.8 Å². The molecule has 0 unspecified atom stereocenters. The molecule has 1 N–H and O–H groups in total. The summed E-state index contributed by atoms with van der Waals surface area (Å²) in [6, 6.07) is 7.78. The first-order chi connectivity index (χ1) is 9.69. The molecule has 0 aromatic heterocycles. The minimum atomic E-state index is -0.648. The van der Waals surface area contributed by atoms with E-state index in [1.807, 2.05) is 30.5 Å². The maximum Gasteiger partial charge on any atom is 0.306 e. The number of carboxylic acid groups (broad SMARTS) is 1. The van der Waals surface area contributed by atoms with Crippen molar-refractivity contribution in [1.82, 2.24) is 0 Å². The van der Waals surface area contributed by atoms with Crippen LogP contribution in [0.1, 0.15) is 31.2 Å². The van der Waals surface area contributed by atoms with Crippen LogP contribution in [-0.2, 0) is 4.79 Å². The van der Waals surface area contributed by atoms with E-state index in [1.54, 1.807) is 7.11 Å². The Morgan fingerprint density at radius 3 is 2.50 bits per heavy atom. The summed E-state index contributed by atoms with van der Waals surface area (Å²) >= 11 is 0. The molecule has 20 heavy (non-hydrogen) atoms. The molecule has 4 nitrogen and oxygen atoms in total. The lowest BCUT2D eigenvalue weighted by Crippen LogP contribution is -2.22. The summed E-state index contributed by atoms with van der Waals surface area (Å²) in [6.07, 6.45) is 5.40. The second kappa shape index (κ2) is 7.08. The summed E-state index contributed by atoms with van der Waals surface area (Å²) in [5.41, 5.74) is 1.06. The van der Waals surface area contributed by atoms with Crippen LogP contribution in [0.4, 0.5) is 0 Å². The molecule has 0 aliphatic heterocycles. The van der Waals surface area contributed by atoms with E-state index in [0.29, 0.717) is 5.92 Å². The first kappa shape index (κ1) is 14.6. The molecule has 0 saturated heterocycles. The van der Waals surface area contributed by atoms with Gasteiger partial charge in [-0.15, -0.1) is 0 Å². The minimum absolute atomic E-state index is 0.142. The van der Waals surface area contributed by atoms with Gasteiger partial charge in [-0.3, -0.25) is 9.79 Å². The Hall–Kier alpha value is -1.84. The highest BCUT2D eigenvalue weighted by Crippen LogP contribution is 2.29. The summed E-state index contributed by atoms with van der Waals surface area (Å²) in [7, 11) is 1.65. The third-order valence-electron chi connectivity index (χ3n) is 3.92. The molecule has 0 radical (unpaired) electrons. The topological polar surface area (TPSA) is 58.9 Å². The number of hydrogen-bond acceptors (Lipinski definition) is 3. The van der Waals surface area contributed by atoms with Crippen LogP contribution in [0.25, 0.3) is 0 Å². The van der Waals surface area contributed by atoms with Gasteiger partial charge >= 0.3 is 5.97 Å². The number of aliphatic carboxylic acids is 1. The van der Waals surface area contributed by atoms with Gasteiger partial charge in [-0.05, 0) is 61.4 Å². The standard InChI is InChI=1S/C16H21NO3/c1-20-15-8-4-13(5-9-15)11-17-10-12-2-6-14(7-3-12)16(18)19/h4-5,8-9,11-12,14H,2-3,6-7,10H2,1H3,(H,18,19). The van der Waals surface area contributed by atoms with Gasteiger partial charge in [0, 0.05) is 12.8 Å². The molecule has 1 saturated carbocycles. The third-order valence-corrected chi connectivity index (χ3v) is 3.92. The molecule has 0 heterocycles. The number of ether oxygens (including phenoxy) is 1. The highest BCUT2D eigenvalue weighted by molar-refractivity contribution is 5.79. The Morgan fingerprint density at radius 2 is 1.95 bits per heavy atom. The zero-order valence-corrected chi connectivity index (χ0v) is 11.8. The quantitative estimate of drug-likeness (QED) is 0.840. The second-order valence-corrected chi connectivity index (χ2v) is 5.32. The van der Waals surface area contributed by atoms with E-state index in [-0.39, 0.29) is 5.92 Å². The molecule has 1 fully saturated rings. The highest BCUT2D eigenvalue weighted by atomic mass is 16.5. The SMILES string of the molecule is COc1ccc(C=NCC2CCC(C(=O)O)CC2)cc1. The molecule has 1 aliphatic rings. The number of rotatable bonds is 5. The van der Waals surface area contributed by atoms with E-state index < -0.39 is 5.97 Å². The van der Waals surface area contributed by atoms with Gasteiger partial charge in [0.1, 0.15) is 5.75 Å². The van der Waals surface area contributed by atoms with Crippen LogP contribution in [0.15, 0.2) is 29.3 Å². The van der Waals surface area contributed by atoms with Crippen molar-refractivity contribution in [3.63, 3.8) is 0 Å². The largest absolute Gasteiger partial charge is 0.497 e. The molecular formula is C16H21NO3. The lowest BCUT2D eigenvalue weighted by Gasteiger charge is -2.24. The van der Waals surface area contributed by atoms with Crippen molar-refractivity contribution in [3.8, 4) is 5.75 Å². The zero-order valence-electron chi connectivity index (χ0n) is 11.8. The van der Waals surface area contributed by atoms with Gasteiger partial charge in [0.2, 0.25) is 0 Å². The lowest BCUT2D eigenvalue weighted by molar-refractivity contribution is -0.143. The predicted octanol–water partition coefficient (Wildman–Crippen LogP) is 3.01. The van der Waals surface area contributed by atoms with Gasteiger partial charge in [0.15, 0.2) is 0 Å². The van der Waals surface area contributed by atoms with E-state index >= 15 is 0 Å². The predicted molar refractivity (Wildman–Crippen MR) is 78.5 cm³/mol. The van der Waals surface area contributed by atoms with E-state index in [0.717, 1.165) is 43.5 Å². The number of benzene rings is 1. The fourth-order valence-electron chi connectivity index (χ4n) is 2.59. The molecule has 1 aromatic rings. The van der Waals surface area contributed by atoms with Crippen molar-refractivity contribution in [2.24, 2.45) is 16.8 Å². The maximum absolute atomic E-state index is 10.9. The van der Waals surface area contributed by atoms with Crippen molar-refractivity contribution < 1.29 is 14.6 Å². The van der Waals surface area contributed by atoms with Gasteiger partial charge in [-0.2, -0.15) is 0 Å². The smallest absolute Gasteiger partial charge is 0.306 e. The zero-order chi connectivity index (χ0) is 14.4. The van der Waals surface area contributed by atoms with Crippen molar-refractivity contribution in [1.29, 1.82) is 0 Å². The average Bonchev–Trinajstić information content (AvgIpc) is 2.48. The first-order valence-electron chi connectivity index (χ1n) is 7.05. The normalized spacial score (nSPS) is 22.9. The number of carboxylic acids is 1. The van der Waals surface area contributed by atoms with Crippen LogP contribution in [0.2, 0.25) is 0 Å². The molecule has 0 bridgehead atoms. The van der Waals surface area contributed by atoms with E-state index in [1.165, 1.54) is 0 Å². The first-order valence-corrected chi connectivity index (χ1v) is 7.05. The highest BCUT2D eigenvalue weighted by Gasteiger charge is 2.25. The van der Waals surface area contributed by atoms with Crippen LogP contribution >= 0.6 is 0 Å². The Labute approximate surface area is 119 Å². The number of aliphatic imine (C=N–C) groups is 1. The van der Waals surface area contributed by atoms with Crippen LogP contribution in [0.3, 0.4) is 0 Å². The number of methoxy groups -OCH3 is 1. The summed E-state index contributed by atoms with van der Waals surface area (Å²) in [4.78, 5) is 15.3. The molecule has 4 heteroatoms. The number of carbonyl (C=O) groups is 1. The minimum Gasteiger partial charge on any atom is -0.497 e. The van der Waals surface area contributed by atoms with Gasteiger partial charge in [-0.25, -0.2) is 0 Å². The molecule has 2 rings (SSSR count). The van der Waals surface area contributed by atoms with Crippen LogP contribution in [0.5, 0.6) is 5.75 Å². The van der Waals surface area contributed by atoms with Crippen molar-refractivity contribution in [2.75, 3.05) is 13.7 Å². The molecular weight excluding hydrogens is 254 g/mol. The van der Waals surface area contributed by atoms with Crippen LogP contribution in [-0.4, -0.2) is 30.9 Å². The fraction of sp³-hybridized carbons (Fsp3) is 0.500. The monoisotopic (exact) mass is 275 g/mol. The molecule has 0 spiro atoms. The maximum atomic E-state index is 10.9. The van der Waals surface area contributed by atoms with E-state index in [2.05, 4.69) is 4.99 Å². The van der Waals surface area contributed by atoms with E-state index in [9.17, 15) is 4.79 Å². The van der Waals surface area contributed by atoms with Gasteiger partial charge in [0.05, 0.1) is 13.0 Å². The van der Waals surface area contributed by atoms with Gasteiger partial charge in [-0.1, -0.05) is 0 Å². The molecule has 0 atom stereocenters. The Morgan fingerprint density at radius 1 is 1.30 bits per heavy atom. The van der Waals surface area contributed by atoms with Gasteiger partial charge in [0.25, 0.3) is 0 Å². The fourth-order valence-corrected chi connectivity index (χ4v) is 2.59. The van der Waals surface area contributed by atoms with E-state index in [4.69, 9.17) is 9.84 Å². The Kier molecular flexibility index (Phi) is 5.16. The van der Waals surface area contributed by atoms with Crippen molar-refractivity contribution in [2.45, 2.75) is 25.7 Å². The Balaban J connectivity index is 1.77. The molecule has 1 aromatic carbocycles. The molecule has 108 valence electrons. The Bertz CT molecular complexity index is 459. The summed E-state index contributed by atoms with van der Waals surface area (Å²) in [5, 5.41) is 8.95. The number of nitrogens with zero attached hydrogens (tertiary/aromatic N) is 1. The molecule has 0 amide bonds. The lowest BCUT2D eigenvalue weighted by atomic mass is 9.82. The third kappa shape index (κ3) is 4.08. The van der Waals surface area contributed by atoms with Crippen LogP contribution < -0.4 is 4.74 Å². The summed E-state index contributed by atoms with van der Waals surface area (Å²) < 4.78 is 5.11. The molecule has 1 aliphatic carbocycles. The van der Waals surface area contributed by atoms with Gasteiger partial charge < -0.3 is 9.84 Å². The average molecular weight is 275 g/mol.